The molecule has 4 rings (SSSR count). The number of hydrogen-bond acceptors (Lipinski definition) is 5. The topological polar surface area (TPSA) is 98.2 Å². The van der Waals surface area contributed by atoms with E-state index in [2.05, 4.69) is 6.58 Å². The maximum absolute atomic E-state index is 14.4. The van der Waals surface area contributed by atoms with E-state index in [0.29, 0.717) is 12.8 Å². The van der Waals surface area contributed by atoms with Gasteiger partial charge in [-0.2, -0.15) is 0 Å². The highest BCUT2D eigenvalue weighted by Crippen LogP contribution is 2.67. The molecule has 8 heteroatoms. The molecule has 184 valence electrons. The van der Waals surface area contributed by atoms with Crippen LogP contribution in [-0.2, 0) is 14.4 Å². The summed E-state index contributed by atoms with van der Waals surface area (Å²) in [5.41, 5.74) is 2.70. The number of aliphatic carboxylic acids is 1. The first-order valence-electron chi connectivity index (χ1n) is 11.9. The van der Waals surface area contributed by atoms with Crippen molar-refractivity contribution in [1.29, 1.82) is 0 Å². The van der Waals surface area contributed by atoms with E-state index in [9.17, 15) is 24.6 Å². The molecule has 7 nitrogen and oxygen atoms in total. The van der Waals surface area contributed by atoms with Crippen molar-refractivity contribution in [2.24, 2.45) is 17.8 Å². The van der Waals surface area contributed by atoms with Crippen LogP contribution in [0, 0.1) is 31.6 Å². The highest BCUT2D eigenvalue weighted by molar-refractivity contribution is 8.02. The fourth-order valence-electron chi connectivity index (χ4n) is 6.22. The number of aryl methyl sites for hydroxylation is 2. The van der Waals surface area contributed by atoms with Gasteiger partial charge in [0.25, 0.3) is 5.91 Å². The third-order valence-corrected chi connectivity index (χ3v) is 9.76. The van der Waals surface area contributed by atoms with Gasteiger partial charge in [-0.05, 0) is 49.8 Å². The average molecular weight is 487 g/mol. The molecule has 34 heavy (non-hydrogen) atoms. The molecule has 1 aromatic carbocycles. The molecule has 3 aliphatic heterocycles. The van der Waals surface area contributed by atoms with Crippen LogP contribution in [0.2, 0.25) is 0 Å². The summed E-state index contributed by atoms with van der Waals surface area (Å²) < 4.78 is -0.804. The molecular weight excluding hydrogens is 452 g/mol. The molecule has 0 radical (unpaired) electrons. The number of fused-ring (bicyclic) bond motifs is 1. The van der Waals surface area contributed by atoms with Gasteiger partial charge in [0.1, 0.15) is 6.04 Å². The molecule has 3 heterocycles. The minimum atomic E-state index is -0.979. The van der Waals surface area contributed by atoms with Gasteiger partial charge in [-0.1, -0.05) is 32.1 Å². The van der Waals surface area contributed by atoms with Crippen molar-refractivity contribution >= 4 is 35.2 Å². The number of likely N-dealkylation sites (tertiary alicyclic amines) is 1. The minimum Gasteiger partial charge on any atom is -0.481 e. The fraction of sp³-hybridized carbons (Fsp3) is 0.577. The zero-order valence-corrected chi connectivity index (χ0v) is 21.0. The SMILES string of the molecule is C=CCN(C(=O)C1N([C@@H](CO)C(C)C)C(=O)[C@@H]2[C@@H](C(=O)O)[C@H]3CCC12S3)c1cc(C)ccc1C. The summed E-state index contributed by atoms with van der Waals surface area (Å²) in [5, 5.41) is 20.1. The van der Waals surface area contributed by atoms with Gasteiger partial charge < -0.3 is 20.0 Å². The molecule has 3 saturated heterocycles. The maximum Gasteiger partial charge on any atom is 0.308 e. The van der Waals surface area contributed by atoms with Crippen molar-refractivity contribution in [3.8, 4) is 0 Å². The number of thioether (sulfide) groups is 1. The number of rotatable bonds is 8. The third kappa shape index (κ3) is 3.57. The predicted octanol–water partition coefficient (Wildman–Crippen LogP) is 3.02. The lowest BCUT2D eigenvalue weighted by Crippen LogP contribution is -2.58. The fourth-order valence-corrected chi connectivity index (χ4v) is 8.42. The molecule has 6 atom stereocenters. The molecule has 3 aliphatic rings. The number of amides is 2. The Balaban J connectivity index is 1.87. The van der Waals surface area contributed by atoms with Crippen molar-refractivity contribution < 1.29 is 24.6 Å². The number of carbonyl (C=O) groups is 3. The van der Waals surface area contributed by atoms with E-state index in [1.165, 1.54) is 11.8 Å². The zero-order valence-electron chi connectivity index (χ0n) is 20.2. The maximum atomic E-state index is 14.4. The molecule has 1 spiro atoms. The Morgan fingerprint density at radius 1 is 1.35 bits per heavy atom. The predicted molar refractivity (Wildman–Crippen MR) is 133 cm³/mol. The summed E-state index contributed by atoms with van der Waals surface area (Å²) in [7, 11) is 0. The van der Waals surface area contributed by atoms with E-state index in [1.54, 1.807) is 15.9 Å². The van der Waals surface area contributed by atoms with E-state index in [1.807, 2.05) is 45.9 Å². The number of aliphatic hydroxyl groups excluding tert-OH is 1. The molecule has 0 aliphatic carbocycles. The Bertz CT molecular complexity index is 1030. The standard InChI is InChI=1S/C26H34N2O5S/c1-6-11-27(17-12-15(4)7-8-16(17)5)24(31)22-26-10-9-19(34-26)20(25(32)33)21(26)23(30)28(22)18(13-29)14(2)3/h6-8,12,14,18-22,29H,1,9-11,13H2,2-5H3,(H,32,33)/t18-,19+,20-,21-,22?,26?/m0/s1. The van der Waals surface area contributed by atoms with Crippen molar-refractivity contribution in [3.05, 3.63) is 42.0 Å². The number of nitrogens with zero attached hydrogens (tertiary/aromatic N) is 2. The highest BCUT2D eigenvalue weighted by Gasteiger charge is 2.74. The normalized spacial score (nSPS) is 30.5. The number of aliphatic hydroxyl groups is 1. The summed E-state index contributed by atoms with van der Waals surface area (Å²) in [4.78, 5) is 43.8. The van der Waals surface area contributed by atoms with Crippen LogP contribution in [0.25, 0.3) is 0 Å². The van der Waals surface area contributed by atoms with Gasteiger partial charge in [0.2, 0.25) is 5.91 Å². The van der Waals surface area contributed by atoms with Gasteiger partial charge in [0.05, 0.1) is 29.2 Å². The number of carboxylic acid groups (broad SMARTS) is 1. The van der Waals surface area contributed by atoms with Gasteiger partial charge in [0.15, 0.2) is 0 Å². The highest BCUT2D eigenvalue weighted by atomic mass is 32.2. The molecule has 2 amide bonds. The summed E-state index contributed by atoms with van der Waals surface area (Å²) >= 11 is 1.51. The van der Waals surface area contributed by atoms with E-state index in [-0.39, 0.29) is 36.1 Å². The third-order valence-electron chi connectivity index (χ3n) is 7.80. The van der Waals surface area contributed by atoms with Crippen LogP contribution in [0.3, 0.4) is 0 Å². The second-order valence-corrected chi connectivity index (χ2v) is 11.8. The van der Waals surface area contributed by atoms with Crippen LogP contribution in [-0.4, -0.2) is 68.1 Å². The summed E-state index contributed by atoms with van der Waals surface area (Å²) in [5.74, 6) is -3.20. The lowest BCUT2D eigenvalue weighted by molar-refractivity contribution is -0.149. The number of carbonyl (C=O) groups excluding carboxylic acids is 2. The second kappa shape index (κ2) is 9.04. The van der Waals surface area contributed by atoms with E-state index in [4.69, 9.17) is 0 Å². The molecule has 0 saturated carbocycles. The average Bonchev–Trinajstić information content (AvgIpc) is 3.42. The van der Waals surface area contributed by atoms with Gasteiger partial charge in [-0.15, -0.1) is 18.3 Å². The first-order valence-corrected chi connectivity index (χ1v) is 12.8. The summed E-state index contributed by atoms with van der Waals surface area (Å²) in [6, 6.07) is 4.50. The van der Waals surface area contributed by atoms with Crippen molar-refractivity contribution in [3.63, 3.8) is 0 Å². The smallest absolute Gasteiger partial charge is 0.308 e. The molecular formula is C26H34N2O5S. The lowest BCUT2D eigenvalue weighted by atomic mass is 9.71. The number of anilines is 1. The van der Waals surface area contributed by atoms with E-state index in [0.717, 1.165) is 16.8 Å². The summed E-state index contributed by atoms with van der Waals surface area (Å²) in [6.45, 7) is 11.6. The van der Waals surface area contributed by atoms with Gasteiger partial charge in [-0.3, -0.25) is 14.4 Å². The Morgan fingerprint density at radius 3 is 2.65 bits per heavy atom. The lowest BCUT2D eigenvalue weighted by Gasteiger charge is -2.41. The zero-order chi connectivity index (χ0) is 24.9. The van der Waals surface area contributed by atoms with Crippen LogP contribution in [0.15, 0.2) is 30.9 Å². The van der Waals surface area contributed by atoms with E-state index < -0.39 is 34.6 Å². The molecule has 2 N–H and O–H groups in total. The first-order chi connectivity index (χ1) is 16.1. The number of carboxylic acids is 1. The first kappa shape index (κ1) is 24.8. The van der Waals surface area contributed by atoms with Crippen LogP contribution < -0.4 is 4.90 Å². The molecule has 3 fully saturated rings. The molecule has 0 aromatic heterocycles. The van der Waals surface area contributed by atoms with Crippen LogP contribution in [0.1, 0.15) is 37.8 Å². The Labute approximate surface area is 205 Å². The van der Waals surface area contributed by atoms with Crippen LogP contribution >= 0.6 is 11.8 Å². The monoisotopic (exact) mass is 486 g/mol. The Hall–Kier alpha value is -2.32. The quantitative estimate of drug-likeness (QED) is 0.548. The van der Waals surface area contributed by atoms with Crippen molar-refractivity contribution in [2.45, 2.75) is 62.6 Å². The van der Waals surface area contributed by atoms with Crippen LogP contribution in [0.4, 0.5) is 5.69 Å². The Morgan fingerprint density at radius 2 is 2.06 bits per heavy atom. The molecule has 1 aromatic rings. The molecule has 2 bridgehead atoms. The minimum absolute atomic E-state index is 0.0986. The molecule has 2 unspecified atom stereocenters. The van der Waals surface area contributed by atoms with Crippen molar-refractivity contribution in [2.75, 3.05) is 18.1 Å². The second-order valence-electron chi connectivity index (χ2n) is 10.2. The Kier molecular flexibility index (Phi) is 6.59. The van der Waals surface area contributed by atoms with Gasteiger partial charge in [0, 0.05) is 17.5 Å². The number of benzene rings is 1. The van der Waals surface area contributed by atoms with Crippen molar-refractivity contribution in [1.82, 2.24) is 4.90 Å². The summed E-state index contributed by atoms with van der Waals surface area (Å²) in [6.07, 6.45) is 2.95. The number of hydrogen-bond donors (Lipinski definition) is 2. The van der Waals surface area contributed by atoms with E-state index >= 15 is 0 Å². The van der Waals surface area contributed by atoms with Crippen LogP contribution in [0.5, 0.6) is 0 Å². The largest absolute Gasteiger partial charge is 0.481 e. The van der Waals surface area contributed by atoms with Gasteiger partial charge >= 0.3 is 5.97 Å². The van der Waals surface area contributed by atoms with Gasteiger partial charge in [-0.25, -0.2) is 0 Å².